The molecule has 26 heavy (non-hydrogen) atoms. The largest absolute Gasteiger partial charge is 0.492 e. The lowest BCUT2D eigenvalue weighted by Gasteiger charge is -2.11. The Kier molecular flexibility index (Phi) is 5.37. The van der Waals surface area contributed by atoms with Crippen molar-refractivity contribution in [3.63, 3.8) is 0 Å². The van der Waals surface area contributed by atoms with E-state index in [0.717, 1.165) is 17.3 Å². The Labute approximate surface area is 154 Å². The maximum absolute atomic E-state index is 12.0. The van der Waals surface area contributed by atoms with E-state index < -0.39 is 0 Å². The molecule has 0 saturated carbocycles. The molecule has 0 spiro atoms. The molecule has 1 saturated heterocycles. The van der Waals surface area contributed by atoms with Gasteiger partial charge in [0, 0.05) is 11.8 Å². The second-order valence-electron chi connectivity index (χ2n) is 5.93. The highest BCUT2D eigenvalue weighted by molar-refractivity contribution is 8.18. The van der Waals surface area contributed by atoms with Gasteiger partial charge in [-0.1, -0.05) is 12.1 Å². The lowest BCUT2D eigenvalue weighted by atomic mass is 10.1. The lowest BCUT2D eigenvalue weighted by Crippen LogP contribution is -2.26. The number of allylic oxidation sites excluding steroid dienone is 1. The maximum Gasteiger partial charge on any atom is 0.253 e. The van der Waals surface area contributed by atoms with Gasteiger partial charge in [0.15, 0.2) is 5.78 Å². The summed E-state index contributed by atoms with van der Waals surface area (Å²) in [6.45, 7) is 4.34. The van der Waals surface area contributed by atoms with E-state index in [2.05, 4.69) is 4.98 Å². The van der Waals surface area contributed by atoms with Gasteiger partial charge in [-0.05, 0) is 49.4 Å². The zero-order valence-corrected chi connectivity index (χ0v) is 15.3. The standard InChI is InChI=1S/C19H18N2O4S/c1-12-9-18(23)21(13(2)20-12)7-8-25-15-5-3-14(4-6-15)10-17-16(22)11-19(24)26-17/h3-6,9-10H,7-8,11H2,1-2H3. The molecule has 0 amide bonds. The molecule has 1 aliphatic rings. The van der Waals surface area contributed by atoms with Crippen LogP contribution < -0.4 is 10.3 Å². The van der Waals surface area contributed by atoms with Crippen LogP contribution >= 0.6 is 11.8 Å². The van der Waals surface area contributed by atoms with Gasteiger partial charge < -0.3 is 4.74 Å². The summed E-state index contributed by atoms with van der Waals surface area (Å²) in [5.41, 5.74) is 1.45. The van der Waals surface area contributed by atoms with E-state index in [0.29, 0.717) is 35.3 Å². The SMILES string of the molecule is Cc1cc(=O)n(CCOc2ccc(C=C3SC(=O)CC3=O)cc2)c(C)n1. The number of rotatable bonds is 5. The first-order valence-corrected chi connectivity index (χ1v) is 8.97. The molecule has 1 aromatic carbocycles. The summed E-state index contributed by atoms with van der Waals surface area (Å²) in [6.07, 6.45) is 1.69. The van der Waals surface area contributed by atoms with Crippen LogP contribution in [0.5, 0.6) is 5.75 Å². The molecule has 1 aromatic heterocycles. The van der Waals surface area contributed by atoms with Crippen molar-refractivity contribution in [2.75, 3.05) is 6.61 Å². The summed E-state index contributed by atoms with van der Waals surface area (Å²) in [5.74, 6) is 1.20. The van der Waals surface area contributed by atoms with E-state index >= 15 is 0 Å². The minimum atomic E-state index is -0.132. The molecule has 2 aromatic rings. The number of hydrogen-bond donors (Lipinski definition) is 0. The number of ketones is 1. The summed E-state index contributed by atoms with van der Waals surface area (Å²) in [7, 11) is 0. The Morgan fingerprint density at radius 2 is 1.92 bits per heavy atom. The molecule has 0 N–H and O–H groups in total. The van der Waals surface area contributed by atoms with Gasteiger partial charge in [-0.3, -0.25) is 19.0 Å². The molecule has 2 heterocycles. The minimum absolute atomic E-state index is 0.0235. The van der Waals surface area contributed by atoms with E-state index in [1.165, 1.54) is 6.07 Å². The molecule has 3 rings (SSSR count). The smallest absolute Gasteiger partial charge is 0.253 e. The molecule has 6 nitrogen and oxygen atoms in total. The van der Waals surface area contributed by atoms with Crippen LogP contribution in [-0.2, 0) is 16.1 Å². The summed E-state index contributed by atoms with van der Waals surface area (Å²) < 4.78 is 7.25. The Hall–Kier alpha value is -2.67. The number of carbonyl (C=O) groups is 2. The van der Waals surface area contributed by atoms with Gasteiger partial charge >= 0.3 is 0 Å². The Morgan fingerprint density at radius 3 is 2.54 bits per heavy atom. The van der Waals surface area contributed by atoms with Gasteiger partial charge in [-0.25, -0.2) is 4.98 Å². The Bertz CT molecular complexity index is 945. The topological polar surface area (TPSA) is 78.3 Å². The third-order valence-electron chi connectivity index (χ3n) is 3.89. The number of thioether (sulfide) groups is 1. The van der Waals surface area contributed by atoms with Crippen LogP contribution in [0, 0.1) is 13.8 Å². The van der Waals surface area contributed by atoms with Crippen molar-refractivity contribution in [2.24, 2.45) is 0 Å². The quantitative estimate of drug-likeness (QED) is 0.594. The zero-order valence-electron chi connectivity index (χ0n) is 14.5. The van der Waals surface area contributed by atoms with Crippen molar-refractivity contribution < 1.29 is 14.3 Å². The summed E-state index contributed by atoms with van der Waals surface area (Å²) >= 11 is 0.991. The second-order valence-corrected chi connectivity index (χ2v) is 7.03. The van der Waals surface area contributed by atoms with Gasteiger partial charge in [0.25, 0.3) is 5.56 Å². The Morgan fingerprint density at radius 1 is 1.19 bits per heavy atom. The summed E-state index contributed by atoms with van der Waals surface area (Å²) in [6, 6.07) is 8.73. The first-order chi connectivity index (χ1) is 12.4. The molecule has 0 radical (unpaired) electrons. The summed E-state index contributed by atoms with van der Waals surface area (Å²) in [5, 5.41) is -0.114. The van der Waals surface area contributed by atoms with Crippen LogP contribution in [0.4, 0.5) is 0 Å². The predicted molar refractivity (Wildman–Crippen MR) is 100 cm³/mol. The molecular formula is C19H18N2O4S. The van der Waals surface area contributed by atoms with Crippen LogP contribution in [0.25, 0.3) is 6.08 Å². The van der Waals surface area contributed by atoms with Gasteiger partial charge in [0.2, 0.25) is 5.12 Å². The molecule has 1 aliphatic heterocycles. The molecule has 7 heteroatoms. The number of Topliss-reactive ketones (excluding diaryl/α,β-unsaturated/α-hetero) is 1. The maximum atomic E-state index is 12.0. The fourth-order valence-electron chi connectivity index (χ4n) is 2.65. The lowest BCUT2D eigenvalue weighted by molar-refractivity contribution is -0.119. The minimum Gasteiger partial charge on any atom is -0.492 e. The highest BCUT2D eigenvalue weighted by atomic mass is 32.2. The van der Waals surface area contributed by atoms with Crippen molar-refractivity contribution in [3.05, 3.63) is 62.7 Å². The van der Waals surface area contributed by atoms with Gasteiger partial charge in [0.1, 0.15) is 18.2 Å². The van der Waals surface area contributed by atoms with Crippen molar-refractivity contribution in [1.82, 2.24) is 9.55 Å². The van der Waals surface area contributed by atoms with Crippen molar-refractivity contribution in [2.45, 2.75) is 26.8 Å². The molecule has 1 fully saturated rings. The highest BCUT2D eigenvalue weighted by Crippen LogP contribution is 2.30. The van der Waals surface area contributed by atoms with Crippen LogP contribution in [-0.4, -0.2) is 27.1 Å². The summed E-state index contributed by atoms with van der Waals surface area (Å²) in [4.78, 5) is 39.6. The fraction of sp³-hybridized carbons (Fsp3) is 0.263. The van der Waals surface area contributed by atoms with E-state index in [1.807, 2.05) is 12.1 Å². The van der Waals surface area contributed by atoms with Crippen LogP contribution in [0.15, 0.2) is 40.0 Å². The van der Waals surface area contributed by atoms with Crippen LogP contribution in [0.1, 0.15) is 23.5 Å². The molecule has 0 aliphatic carbocycles. The number of nitrogens with zero attached hydrogens (tertiary/aromatic N) is 2. The molecular weight excluding hydrogens is 352 g/mol. The monoisotopic (exact) mass is 370 g/mol. The number of ether oxygens (including phenoxy) is 1. The number of aryl methyl sites for hydroxylation is 2. The van der Waals surface area contributed by atoms with Gasteiger partial charge in [-0.15, -0.1) is 0 Å². The zero-order chi connectivity index (χ0) is 18.7. The van der Waals surface area contributed by atoms with Crippen LogP contribution in [0.3, 0.4) is 0 Å². The molecule has 0 unspecified atom stereocenters. The van der Waals surface area contributed by atoms with E-state index in [4.69, 9.17) is 4.74 Å². The predicted octanol–water partition coefficient (Wildman–Crippen LogP) is 2.51. The van der Waals surface area contributed by atoms with Crippen molar-refractivity contribution in [1.29, 1.82) is 0 Å². The molecule has 0 atom stereocenters. The molecule has 0 bridgehead atoms. The van der Waals surface area contributed by atoms with Crippen LogP contribution in [0.2, 0.25) is 0 Å². The number of benzene rings is 1. The Balaban J connectivity index is 1.60. The second kappa shape index (κ2) is 7.70. The van der Waals surface area contributed by atoms with Crippen molar-refractivity contribution in [3.8, 4) is 5.75 Å². The van der Waals surface area contributed by atoms with Gasteiger partial charge in [-0.2, -0.15) is 0 Å². The normalized spacial score (nSPS) is 15.7. The third kappa shape index (κ3) is 4.29. The van der Waals surface area contributed by atoms with Crippen molar-refractivity contribution >= 4 is 28.7 Å². The average Bonchev–Trinajstić information content (AvgIpc) is 2.89. The average molecular weight is 370 g/mol. The number of hydrogen-bond acceptors (Lipinski definition) is 6. The first kappa shape index (κ1) is 18.1. The fourth-order valence-corrected chi connectivity index (χ4v) is 3.48. The third-order valence-corrected chi connectivity index (χ3v) is 4.83. The number of aromatic nitrogens is 2. The van der Waals surface area contributed by atoms with E-state index in [9.17, 15) is 14.4 Å². The van der Waals surface area contributed by atoms with Gasteiger partial charge in [0.05, 0.1) is 17.9 Å². The van der Waals surface area contributed by atoms with E-state index in [-0.39, 0.29) is 22.9 Å². The number of carbonyl (C=O) groups excluding carboxylic acids is 2. The highest BCUT2D eigenvalue weighted by Gasteiger charge is 2.25. The molecule has 134 valence electrons. The first-order valence-electron chi connectivity index (χ1n) is 8.16. The van der Waals surface area contributed by atoms with E-state index in [1.54, 1.807) is 36.6 Å².